The SMILES string of the molecule is O=C(NCC1(O)CCOCC1)c1ccc2c(c1)Cc1ccccc1-2. The number of fused-ring (bicyclic) bond motifs is 3. The van der Waals surface area contributed by atoms with Crippen molar-refractivity contribution in [3.05, 3.63) is 59.2 Å². The van der Waals surface area contributed by atoms with Gasteiger partial charge in [-0.25, -0.2) is 0 Å². The second-order valence-corrected chi connectivity index (χ2v) is 6.73. The number of nitrogens with one attached hydrogen (secondary N) is 1. The predicted octanol–water partition coefficient (Wildman–Crippen LogP) is 2.53. The van der Waals surface area contributed by atoms with Crippen molar-refractivity contribution < 1.29 is 14.6 Å². The Morgan fingerprint density at radius 2 is 1.83 bits per heavy atom. The number of hydrogen-bond donors (Lipinski definition) is 2. The molecule has 2 N–H and O–H groups in total. The molecule has 0 bridgehead atoms. The van der Waals surface area contributed by atoms with E-state index < -0.39 is 5.60 Å². The van der Waals surface area contributed by atoms with Crippen LogP contribution in [0.2, 0.25) is 0 Å². The van der Waals surface area contributed by atoms with Crippen LogP contribution < -0.4 is 5.32 Å². The average Bonchev–Trinajstić information content (AvgIpc) is 2.98. The maximum absolute atomic E-state index is 12.4. The van der Waals surface area contributed by atoms with Crippen molar-refractivity contribution in [2.24, 2.45) is 0 Å². The molecule has 1 fully saturated rings. The molecule has 1 saturated heterocycles. The quantitative estimate of drug-likeness (QED) is 0.779. The van der Waals surface area contributed by atoms with Crippen LogP contribution in [0.15, 0.2) is 42.5 Å². The van der Waals surface area contributed by atoms with Gasteiger partial charge in [0.05, 0.1) is 5.60 Å². The lowest BCUT2D eigenvalue weighted by Gasteiger charge is -2.32. The van der Waals surface area contributed by atoms with Crippen LogP contribution in [0.25, 0.3) is 11.1 Å². The summed E-state index contributed by atoms with van der Waals surface area (Å²) in [5, 5.41) is 13.3. The highest BCUT2D eigenvalue weighted by Gasteiger charge is 2.30. The van der Waals surface area contributed by atoms with E-state index >= 15 is 0 Å². The molecule has 1 aliphatic carbocycles. The number of ether oxygens (including phenoxy) is 1. The van der Waals surface area contributed by atoms with Crippen molar-refractivity contribution in [3.63, 3.8) is 0 Å². The first-order valence-corrected chi connectivity index (χ1v) is 8.44. The molecule has 0 unspecified atom stereocenters. The summed E-state index contributed by atoms with van der Waals surface area (Å²) in [4.78, 5) is 12.4. The van der Waals surface area contributed by atoms with E-state index in [1.54, 1.807) is 0 Å². The van der Waals surface area contributed by atoms with Gasteiger partial charge in [0.1, 0.15) is 0 Å². The Hall–Kier alpha value is -2.17. The second kappa shape index (κ2) is 6.04. The molecule has 4 rings (SSSR count). The van der Waals surface area contributed by atoms with E-state index in [0.717, 1.165) is 6.42 Å². The third-order valence-corrected chi connectivity index (χ3v) is 5.06. The van der Waals surface area contributed by atoms with Gasteiger partial charge in [0.15, 0.2) is 0 Å². The molecule has 0 radical (unpaired) electrons. The number of carbonyl (C=O) groups excluding carboxylic acids is 1. The smallest absolute Gasteiger partial charge is 0.251 e. The van der Waals surface area contributed by atoms with Crippen molar-refractivity contribution in [3.8, 4) is 11.1 Å². The summed E-state index contributed by atoms with van der Waals surface area (Å²) in [6.07, 6.45) is 1.99. The van der Waals surface area contributed by atoms with E-state index in [-0.39, 0.29) is 12.5 Å². The van der Waals surface area contributed by atoms with Crippen LogP contribution in [0.1, 0.15) is 34.3 Å². The van der Waals surface area contributed by atoms with Crippen LogP contribution in [0.5, 0.6) is 0 Å². The lowest BCUT2D eigenvalue weighted by molar-refractivity contribution is -0.0605. The number of aliphatic hydroxyl groups is 1. The molecular formula is C20H21NO3. The average molecular weight is 323 g/mol. The minimum absolute atomic E-state index is 0.131. The highest BCUT2D eigenvalue weighted by atomic mass is 16.5. The van der Waals surface area contributed by atoms with Gasteiger partial charge in [-0.05, 0) is 40.8 Å². The van der Waals surface area contributed by atoms with Crippen LogP contribution in [0.3, 0.4) is 0 Å². The molecule has 4 heteroatoms. The Balaban J connectivity index is 1.47. The maximum Gasteiger partial charge on any atom is 0.251 e. The van der Waals surface area contributed by atoms with Gasteiger partial charge in [0, 0.05) is 38.2 Å². The van der Waals surface area contributed by atoms with Crippen molar-refractivity contribution >= 4 is 5.91 Å². The molecule has 4 nitrogen and oxygen atoms in total. The monoisotopic (exact) mass is 323 g/mol. The zero-order valence-corrected chi connectivity index (χ0v) is 13.5. The van der Waals surface area contributed by atoms with Gasteiger partial charge in [-0.3, -0.25) is 4.79 Å². The fourth-order valence-electron chi connectivity index (χ4n) is 3.56. The number of amides is 1. The standard InChI is InChI=1S/C20H21NO3/c22-19(21-13-20(23)7-9-24-10-8-20)15-5-6-18-16(12-15)11-14-3-1-2-4-17(14)18/h1-6,12,23H,7-11,13H2,(H,21,22). The fourth-order valence-corrected chi connectivity index (χ4v) is 3.56. The van der Waals surface area contributed by atoms with E-state index in [0.29, 0.717) is 31.6 Å². The first kappa shape index (κ1) is 15.4. The largest absolute Gasteiger partial charge is 0.388 e. The second-order valence-electron chi connectivity index (χ2n) is 6.73. The fraction of sp³-hybridized carbons (Fsp3) is 0.350. The van der Waals surface area contributed by atoms with E-state index in [1.165, 1.54) is 22.3 Å². The molecule has 24 heavy (non-hydrogen) atoms. The third kappa shape index (κ3) is 2.83. The molecule has 0 saturated carbocycles. The summed E-state index contributed by atoms with van der Waals surface area (Å²) in [7, 11) is 0. The normalized spacial score (nSPS) is 17.9. The molecule has 0 aromatic heterocycles. The van der Waals surface area contributed by atoms with Crippen molar-refractivity contribution in [1.29, 1.82) is 0 Å². The minimum atomic E-state index is -0.846. The Labute approximate surface area is 141 Å². The molecular weight excluding hydrogens is 302 g/mol. The van der Waals surface area contributed by atoms with Crippen LogP contribution in [0, 0.1) is 0 Å². The van der Waals surface area contributed by atoms with E-state index in [9.17, 15) is 9.90 Å². The number of rotatable bonds is 3. The molecule has 2 aromatic rings. The Morgan fingerprint density at radius 1 is 1.08 bits per heavy atom. The first-order valence-electron chi connectivity index (χ1n) is 8.44. The van der Waals surface area contributed by atoms with Gasteiger partial charge < -0.3 is 15.2 Å². The maximum atomic E-state index is 12.4. The van der Waals surface area contributed by atoms with Crippen LogP contribution in [-0.2, 0) is 11.2 Å². The molecule has 124 valence electrons. The lowest BCUT2D eigenvalue weighted by atomic mass is 9.94. The van der Waals surface area contributed by atoms with Crippen molar-refractivity contribution in [1.82, 2.24) is 5.32 Å². The first-order chi connectivity index (χ1) is 11.6. The molecule has 1 heterocycles. The molecule has 2 aliphatic rings. The Kier molecular flexibility index (Phi) is 3.87. The van der Waals surface area contributed by atoms with Gasteiger partial charge >= 0.3 is 0 Å². The summed E-state index contributed by atoms with van der Waals surface area (Å²) in [5.74, 6) is -0.131. The third-order valence-electron chi connectivity index (χ3n) is 5.06. The predicted molar refractivity (Wildman–Crippen MR) is 92.0 cm³/mol. The van der Waals surface area contributed by atoms with Gasteiger partial charge in [-0.1, -0.05) is 30.3 Å². The van der Waals surface area contributed by atoms with Crippen molar-refractivity contribution in [2.75, 3.05) is 19.8 Å². The number of carbonyl (C=O) groups is 1. The van der Waals surface area contributed by atoms with E-state index in [2.05, 4.69) is 17.4 Å². The van der Waals surface area contributed by atoms with Gasteiger partial charge in [0.2, 0.25) is 0 Å². The highest BCUT2D eigenvalue weighted by Crippen LogP contribution is 2.36. The van der Waals surface area contributed by atoms with Gasteiger partial charge in [-0.15, -0.1) is 0 Å². The molecule has 1 amide bonds. The topological polar surface area (TPSA) is 58.6 Å². The summed E-state index contributed by atoms with van der Waals surface area (Å²) in [6, 6.07) is 14.2. The summed E-state index contributed by atoms with van der Waals surface area (Å²) in [6.45, 7) is 1.36. The summed E-state index contributed by atoms with van der Waals surface area (Å²) < 4.78 is 5.26. The van der Waals surface area contributed by atoms with Gasteiger partial charge in [0.25, 0.3) is 5.91 Å². The minimum Gasteiger partial charge on any atom is -0.388 e. The van der Waals surface area contributed by atoms with Crippen LogP contribution >= 0.6 is 0 Å². The highest BCUT2D eigenvalue weighted by molar-refractivity contribution is 5.95. The van der Waals surface area contributed by atoms with Gasteiger partial charge in [-0.2, -0.15) is 0 Å². The Bertz CT molecular complexity index is 778. The zero-order valence-electron chi connectivity index (χ0n) is 13.5. The molecule has 2 aromatic carbocycles. The summed E-state index contributed by atoms with van der Waals surface area (Å²) >= 11 is 0. The van der Waals surface area contributed by atoms with Crippen LogP contribution in [0.4, 0.5) is 0 Å². The van der Waals surface area contributed by atoms with Crippen molar-refractivity contribution in [2.45, 2.75) is 24.9 Å². The number of benzene rings is 2. The molecule has 0 spiro atoms. The lowest BCUT2D eigenvalue weighted by Crippen LogP contribution is -2.46. The van der Waals surface area contributed by atoms with E-state index in [1.807, 2.05) is 30.3 Å². The molecule has 1 aliphatic heterocycles. The van der Waals surface area contributed by atoms with E-state index in [4.69, 9.17) is 4.74 Å². The number of hydrogen-bond acceptors (Lipinski definition) is 3. The summed E-state index contributed by atoms with van der Waals surface area (Å²) in [5.41, 5.74) is 4.77. The zero-order chi connectivity index (χ0) is 16.6. The molecule has 0 atom stereocenters. The van der Waals surface area contributed by atoms with Crippen LogP contribution in [-0.4, -0.2) is 36.4 Å². The Morgan fingerprint density at radius 3 is 2.67 bits per heavy atom.